The van der Waals surface area contributed by atoms with Crippen molar-refractivity contribution in [3.05, 3.63) is 82.3 Å². The number of anilines is 1. The van der Waals surface area contributed by atoms with Gasteiger partial charge in [0.1, 0.15) is 30.7 Å². The lowest BCUT2D eigenvalue weighted by Crippen LogP contribution is -2.61. The van der Waals surface area contributed by atoms with Crippen LogP contribution in [0.1, 0.15) is 90.6 Å². The number of carbonyl (C=O) groups is 9. The van der Waals surface area contributed by atoms with Crippen molar-refractivity contribution in [1.29, 1.82) is 0 Å². The number of Topliss-reactive ketones (excluding diaryl/α,β-unsaturated/α-hetero) is 1. The molecule has 25 nitrogen and oxygen atoms in total. The number of amides is 5. The molecule has 3 aliphatic heterocycles. The molecule has 0 aliphatic carbocycles. The Kier molecular flexibility index (Phi) is 21.1. The third kappa shape index (κ3) is 16.2. The van der Waals surface area contributed by atoms with Crippen LogP contribution in [0, 0.1) is 0 Å². The number of hydrogen-bond donors (Lipinski definition) is 7. The number of methoxy groups -OCH3 is 2. The second-order valence-electron chi connectivity index (χ2n) is 19.0. The first-order valence-corrected chi connectivity index (χ1v) is 26.7. The third-order valence-corrected chi connectivity index (χ3v) is 14.3. The van der Waals surface area contributed by atoms with E-state index in [1.807, 2.05) is 0 Å². The highest BCUT2D eigenvalue weighted by Crippen LogP contribution is 2.39. The zero-order chi connectivity index (χ0) is 58.3. The van der Waals surface area contributed by atoms with Crippen LogP contribution in [0.25, 0.3) is 10.1 Å². The Morgan fingerprint density at radius 2 is 1.37 bits per heavy atom. The number of rotatable bonds is 30. The molecule has 0 spiro atoms. The van der Waals surface area contributed by atoms with Crippen molar-refractivity contribution >= 4 is 80.3 Å². The summed E-state index contributed by atoms with van der Waals surface area (Å²) in [5.74, 6) is -4.07. The summed E-state index contributed by atoms with van der Waals surface area (Å²) in [5.41, 5.74) is 1.90. The summed E-state index contributed by atoms with van der Waals surface area (Å²) in [6.45, 7) is 0.798. The van der Waals surface area contributed by atoms with Crippen LogP contribution in [0.2, 0.25) is 0 Å². The minimum absolute atomic E-state index is 0.0644. The monoisotopic (exact) mass is 1150 g/mol. The molecule has 81 heavy (non-hydrogen) atoms. The number of esters is 1. The van der Waals surface area contributed by atoms with Gasteiger partial charge in [-0.1, -0.05) is 12.5 Å². The molecule has 3 aromatic carbocycles. The zero-order valence-corrected chi connectivity index (χ0v) is 45.1. The number of carboxylic acids is 2. The van der Waals surface area contributed by atoms with Crippen LogP contribution in [0.15, 0.2) is 60.7 Å². The second kappa shape index (κ2) is 28.3. The van der Waals surface area contributed by atoms with Crippen LogP contribution in [0.5, 0.6) is 28.7 Å². The molecule has 5 amide bonds. The fourth-order valence-electron chi connectivity index (χ4n) is 8.82. The molecule has 7 rings (SSSR count). The molecule has 0 bridgehead atoms. The summed E-state index contributed by atoms with van der Waals surface area (Å²) in [4.78, 5) is 114. The fraction of sp³-hybridized carbons (Fsp3) is 0.436. The number of carboxylic acid groups (broad SMARTS) is 2. The number of benzene rings is 3. The molecule has 26 heteroatoms. The predicted molar refractivity (Wildman–Crippen MR) is 283 cm³/mol. The Bertz CT molecular complexity index is 3030. The minimum Gasteiger partial charge on any atom is -0.493 e. The average Bonchev–Trinajstić information content (AvgIpc) is 4.24. The highest BCUT2D eigenvalue weighted by Gasteiger charge is 2.48. The maximum atomic E-state index is 13.4. The lowest BCUT2D eigenvalue weighted by atomic mass is 9.99. The maximum Gasteiger partial charge on any atom is 0.335 e. The number of aliphatic hydroxyl groups is 3. The van der Waals surface area contributed by atoms with E-state index in [9.17, 15) is 63.6 Å². The number of hydrogen-bond acceptors (Lipinski definition) is 20. The molecule has 5 atom stereocenters. The number of fused-ring (bicyclic) bond motifs is 2. The van der Waals surface area contributed by atoms with E-state index in [1.54, 1.807) is 35.2 Å². The summed E-state index contributed by atoms with van der Waals surface area (Å²) in [7, 11) is 3.00. The topological polar surface area (TPSA) is 350 Å². The highest BCUT2D eigenvalue weighted by molar-refractivity contribution is 7.20. The van der Waals surface area contributed by atoms with Crippen LogP contribution in [-0.2, 0) is 67.5 Å². The van der Waals surface area contributed by atoms with Gasteiger partial charge in [0.25, 0.3) is 11.8 Å². The lowest BCUT2D eigenvalue weighted by molar-refractivity contribution is -0.271. The minimum atomic E-state index is -2.00. The Morgan fingerprint density at radius 3 is 2.05 bits per heavy atom. The van der Waals surface area contributed by atoms with Crippen molar-refractivity contribution in [2.75, 3.05) is 45.8 Å². The quantitative estimate of drug-likeness (QED) is 0.0170. The van der Waals surface area contributed by atoms with Gasteiger partial charge in [-0.05, 0) is 71.3 Å². The molecule has 1 saturated heterocycles. The normalized spacial score (nSPS) is 18.3. The Labute approximate surface area is 467 Å². The smallest absolute Gasteiger partial charge is 0.335 e. The number of nitrogens with zero attached hydrogens (tertiary/aromatic N) is 2. The number of unbranched alkanes of at least 4 members (excludes halogenated alkanes) is 2. The van der Waals surface area contributed by atoms with Gasteiger partial charge in [-0.2, -0.15) is 0 Å². The largest absolute Gasteiger partial charge is 0.493 e. The van der Waals surface area contributed by atoms with E-state index in [2.05, 4.69) is 10.6 Å². The van der Waals surface area contributed by atoms with Gasteiger partial charge in [0.2, 0.25) is 24.0 Å². The van der Waals surface area contributed by atoms with Crippen molar-refractivity contribution in [3.8, 4) is 28.7 Å². The molecule has 0 saturated carbocycles. The van der Waals surface area contributed by atoms with Crippen LogP contribution in [0.4, 0.5) is 5.69 Å². The zero-order valence-electron chi connectivity index (χ0n) is 44.3. The van der Waals surface area contributed by atoms with E-state index in [1.165, 1.54) is 55.9 Å². The molecule has 0 radical (unpaired) electrons. The number of imide groups is 1. The number of aliphatic hydroxyl groups excluding tert-OH is 3. The van der Waals surface area contributed by atoms with Crippen LogP contribution < -0.4 is 34.3 Å². The maximum absolute atomic E-state index is 13.4. The average molecular weight is 1150 g/mol. The highest BCUT2D eigenvalue weighted by atomic mass is 32.1. The number of carbonyl (C=O) groups excluding carboxylic acids is 7. The molecule has 1 unspecified atom stereocenters. The number of ketones is 1. The summed E-state index contributed by atoms with van der Waals surface area (Å²) in [5, 5.41) is 55.6. The van der Waals surface area contributed by atoms with Crippen molar-refractivity contribution in [3.63, 3.8) is 0 Å². The molecule has 434 valence electrons. The number of thiophene rings is 1. The van der Waals surface area contributed by atoms with Crippen LogP contribution in [0.3, 0.4) is 0 Å². The summed E-state index contributed by atoms with van der Waals surface area (Å²) in [6, 6.07) is 12.9. The van der Waals surface area contributed by atoms with E-state index >= 15 is 0 Å². The van der Waals surface area contributed by atoms with E-state index in [0.717, 1.165) is 26.1 Å². The Balaban J connectivity index is 0.873. The van der Waals surface area contributed by atoms with E-state index in [4.69, 9.17) is 38.3 Å². The second-order valence-corrected chi connectivity index (χ2v) is 20.1. The van der Waals surface area contributed by atoms with Gasteiger partial charge < -0.3 is 74.2 Å². The predicted octanol–water partition coefficient (Wildman–Crippen LogP) is 3.38. The SMILES string of the molecule is COc1cc2c(cc1OCCCOc1cc3cc(C(=O)CCC(=O)O)sc3cc1OC)CN(C(=O)CCC(=O)OCc1ccc(OC3O[C@H](C(=O)O)[C@@H](O)[C@H](O)[C@H]3O)c(NC(=O)CCNC(=O)CCCCCN3C(=O)C=CC3=O)c1)C2. The number of aliphatic carboxylic acids is 2. The first-order chi connectivity index (χ1) is 38.8. The van der Waals surface area contributed by atoms with Gasteiger partial charge in [0, 0.05) is 81.2 Å². The molecular weight excluding hydrogens is 1080 g/mol. The molecule has 7 N–H and O–H groups in total. The van der Waals surface area contributed by atoms with E-state index in [-0.39, 0.29) is 125 Å². The molecule has 4 aromatic rings. The molecular formula is C55H62N4O21S. The Morgan fingerprint density at radius 1 is 0.691 bits per heavy atom. The molecule has 4 heterocycles. The van der Waals surface area contributed by atoms with Gasteiger partial charge >= 0.3 is 17.9 Å². The summed E-state index contributed by atoms with van der Waals surface area (Å²) in [6.07, 6.45) is -6.27. The van der Waals surface area contributed by atoms with Gasteiger partial charge in [-0.15, -0.1) is 11.3 Å². The van der Waals surface area contributed by atoms with Crippen molar-refractivity contribution < 1.29 is 102 Å². The first kappa shape index (κ1) is 60.5. The Hall–Kier alpha value is -8.17. The standard InChI is InChI=1S/C55H62N4O21S/c1-74-37-23-32-27-58(28-33(32)24-40(37)77-20-6-19-76-39-22-31-25-42(35(60)9-14-48(66)67)81-41(31)26-38(39)75-2)45(63)13-15-49(68)78-29-30-8-10-36(79-55-52(71)50(69)51(70)53(80-55)54(72)73)34(21-30)57-44(62)16-17-56-43(61)7-4-3-5-18-59-46(64)11-12-47(59)65/h8,10-12,21-26,50-53,55,69-71H,3-7,9,13-20,27-29H2,1-2H3,(H,56,61)(H,57,62)(H,66,67)(H,72,73)/t50-,51-,52+,53-,55?/m0/s1. The number of ether oxygens (including phenoxy) is 7. The first-order valence-electron chi connectivity index (χ1n) is 25.9. The molecule has 3 aliphatic rings. The van der Waals surface area contributed by atoms with E-state index in [0.29, 0.717) is 59.1 Å². The van der Waals surface area contributed by atoms with Crippen molar-refractivity contribution in [1.82, 2.24) is 15.1 Å². The summed E-state index contributed by atoms with van der Waals surface area (Å²) < 4.78 is 40.5. The van der Waals surface area contributed by atoms with Crippen molar-refractivity contribution in [2.45, 2.75) is 115 Å². The van der Waals surface area contributed by atoms with Gasteiger partial charge in [0.15, 0.2) is 34.9 Å². The third-order valence-electron chi connectivity index (χ3n) is 13.2. The van der Waals surface area contributed by atoms with Crippen LogP contribution in [-0.4, -0.2) is 160 Å². The number of nitrogens with one attached hydrogen (secondary N) is 2. The molecule has 1 aromatic heterocycles. The lowest BCUT2D eigenvalue weighted by Gasteiger charge is -2.38. The van der Waals surface area contributed by atoms with Gasteiger partial charge in [-0.3, -0.25) is 43.3 Å². The van der Waals surface area contributed by atoms with Crippen LogP contribution >= 0.6 is 11.3 Å². The fourth-order valence-corrected chi connectivity index (χ4v) is 9.86. The van der Waals surface area contributed by atoms with Gasteiger partial charge in [0.05, 0.1) is 50.8 Å². The van der Waals surface area contributed by atoms with E-state index < -0.39 is 54.5 Å². The van der Waals surface area contributed by atoms with Gasteiger partial charge in [-0.25, -0.2) is 4.79 Å². The van der Waals surface area contributed by atoms with Crippen molar-refractivity contribution in [2.24, 2.45) is 0 Å². The summed E-state index contributed by atoms with van der Waals surface area (Å²) >= 11 is 1.25. The molecule has 1 fully saturated rings.